The van der Waals surface area contributed by atoms with Crippen LogP contribution in [0.1, 0.15) is 47.4 Å². The molecule has 0 aromatic heterocycles. The van der Waals surface area contributed by atoms with E-state index in [2.05, 4.69) is 22.5 Å². The highest BCUT2D eigenvalue weighted by Gasteiger charge is 2.43. The van der Waals surface area contributed by atoms with Crippen LogP contribution >= 0.6 is 0 Å². The Hall–Kier alpha value is -3.16. The molecule has 1 aromatic rings. The molecule has 144 valence electrons. The van der Waals surface area contributed by atoms with Gasteiger partial charge in [-0.1, -0.05) is 26.0 Å². The molecule has 1 atom stereocenters. The molecular weight excluding hydrogens is 348 g/mol. The Morgan fingerprint density at radius 1 is 1.22 bits per heavy atom. The molecular formula is C19H24N4O4. The quantitative estimate of drug-likeness (QED) is 0.447. The van der Waals surface area contributed by atoms with E-state index in [-0.39, 0.29) is 17.0 Å². The van der Waals surface area contributed by atoms with Crippen molar-refractivity contribution in [2.24, 2.45) is 0 Å². The number of anilines is 1. The molecule has 0 saturated heterocycles. The Kier molecular flexibility index (Phi) is 6.70. The molecule has 1 unspecified atom stereocenters. The monoisotopic (exact) mass is 372 g/mol. The lowest BCUT2D eigenvalue weighted by Crippen LogP contribution is -2.48. The standard InChI is InChI=1S/C19H24N4O4/c1-4-7-15(17(25)20-5-2)23-18(26)13-8-6-9-14(16(13)19(23)27)22-11-10-21-12(3)24/h5-6,8-9,15,22H,2,4,7,10-11H2,1,3H3,(H,20,25)(H,21,24). The number of imide groups is 1. The topological polar surface area (TPSA) is 108 Å². The summed E-state index contributed by atoms with van der Waals surface area (Å²) in [7, 11) is 0. The molecule has 0 spiro atoms. The maximum absolute atomic E-state index is 13.0. The summed E-state index contributed by atoms with van der Waals surface area (Å²) in [4.78, 5) is 50.1. The first-order valence-corrected chi connectivity index (χ1v) is 8.82. The molecule has 0 fully saturated rings. The van der Waals surface area contributed by atoms with E-state index in [1.165, 1.54) is 13.1 Å². The Labute approximate surface area is 158 Å². The summed E-state index contributed by atoms with van der Waals surface area (Å²) in [5.41, 5.74) is 1.01. The number of hydrogen-bond acceptors (Lipinski definition) is 5. The van der Waals surface area contributed by atoms with Crippen molar-refractivity contribution in [1.29, 1.82) is 0 Å². The Balaban J connectivity index is 2.27. The minimum atomic E-state index is -0.896. The average Bonchev–Trinajstić information content (AvgIpc) is 2.88. The SMILES string of the molecule is C=CNC(=O)C(CCC)N1C(=O)c2cccc(NCCNC(C)=O)c2C1=O. The first-order valence-electron chi connectivity index (χ1n) is 8.82. The molecule has 2 rings (SSSR count). The van der Waals surface area contributed by atoms with Gasteiger partial charge in [-0.15, -0.1) is 0 Å². The lowest BCUT2D eigenvalue weighted by Gasteiger charge is -2.24. The first-order chi connectivity index (χ1) is 12.9. The number of nitrogens with zero attached hydrogens (tertiary/aromatic N) is 1. The fourth-order valence-electron chi connectivity index (χ4n) is 3.02. The van der Waals surface area contributed by atoms with Crippen molar-refractivity contribution in [1.82, 2.24) is 15.5 Å². The van der Waals surface area contributed by atoms with Crippen molar-refractivity contribution in [3.05, 3.63) is 42.1 Å². The number of rotatable bonds is 9. The van der Waals surface area contributed by atoms with Crippen LogP contribution in [0, 0.1) is 0 Å². The van der Waals surface area contributed by atoms with E-state index in [1.54, 1.807) is 18.2 Å². The minimum absolute atomic E-state index is 0.150. The van der Waals surface area contributed by atoms with Gasteiger partial charge in [0.15, 0.2) is 0 Å². The van der Waals surface area contributed by atoms with Crippen LogP contribution in [-0.4, -0.2) is 47.7 Å². The van der Waals surface area contributed by atoms with Crippen molar-refractivity contribution in [2.75, 3.05) is 18.4 Å². The molecule has 0 aliphatic carbocycles. The minimum Gasteiger partial charge on any atom is -0.383 e. The largest absolute Gasteiger partial charge is 0.383 e. The number of benzene rings is 1. The van der Waals surface area contributed by atoms with E-state index < -0.39 is 23.8 Å². The molecule has 8 nitrogen and oxygen atoms in total. The van der Waals surface area contributed by atoms with Crippen LogP contribution in [0.15, 0.2) is 31.0 Å². The van der Waals surface area contributed by atoms with Crippen molar-refractivity contribution in [3.63, 3.8) is 0 Å². The molecule has 0 saturated carbocycles. The van der Waals surface area contributed by atoms with Crippen LogP contribution in [0.5, 0.6) is 0 Å². The van der Waals surface area contributed by atoms with Gasteiger partial charge < -0.3 is 16.0 Å². The van der Waals surface area contributed by atoms with Gasteiger partial charge in [0.05, 0.1) is 11.1 Å². The normalized spacial score (nSPS) is 13.8. The number of nitrogens with one attached hydrogen (secondary N) is 3. The van der Waals surface area contributed by atoms with E-state index in [0.717, 1.165) is 4.90 Å². The molecule has 8 heteroatoms. The maximum Gasteiger partial charge on any atom is 0.264 e. The second-order valence-corrected chi connectivity index (χ2v) is 6.14. The van der Waals surface area contributed by atoms with Crippen LogP contribution < -0.4 is 16.0 Å². The summed E-state index contributed by atoms with van der Waals surface area (Å²) < 4.78 is 0. The number of hydrogen-bond donors (Lipinski definition) is 3. The maximum atomic E-state index is 13.0. The summed E-state index contributed by atoms with van der Waals surface area (Å²) in [5, 5.41) is 8.18. The van der Waals surface area contributed by atoms with Gasteiger partial charge in [0.1, 0.15) is 6.04 Å². The summed E-state index contributed by atoms with van der Waals surface area (Å²) in [5.74, 6) is -1.59. The summed E-state index contributed by atoms with van der Waals surface area (Å²) in [6, 6.07) is 4.04. The predicted octanol–water partition coefficient (Wildman–Crippen LogP) is 1.26. The lowest BCUT2D eigenvalue weighted by molar-refractivity contribution is -0.124. The second kappa shape index (κ2) is 8.98. The number of fused-ring (bicyclic) bond motifs is 1. The second-order valence-electron chi connectivity index (χ2n) is 6.14. The van der Waals surface area contributed by atoms with Gasteiger partial charge in [0.25, 0.3) is 11.8 Å². The van der Waals surface area contributed by atoms with Gasteiger partial charge in [-0.3, -0.25) is 24.1 Å². The highest BCUT2D eigenvalue weighted by atomic mass is 16.2. The third-order valence-corrected chi connectivity index (χ3v) is 4.18. The smallest absolute Gasteiger partial charge is 0.264 e. The summed E-state index contributed by atoms with van der Waals surface area (Å²) >= 11 is 0. The zero-order chi connectivity index (χ0) is 20.0. The molecule has 0 bridgehead atoms. The van der Waals surface area contributed by atoms with Gasteiger partial charge in [0.2, 0.25) is 11.8 Å². The van der Waals surface area contributed by atoms with Crippen LogP contribution in [0.25, 0.3) is 0 Å². The van der Waals surface area contributed by atoms with Crippen LogP contribution in [0.4, 0.5) is 5.69 Å². The van der Waals surface area contributed by atoms with Crippen molar-refractivity contribution >= 4 is 29.3 Å². The molecule has 4 amide bonds. The van der Waals surface area contributed by atoms with Gasteiger partial charge >= 0.3 is 0 Å². The van der Waals surface area contributed by atoms with Gasteiger partial charge in [-0.05, 0) is 24.8 Å². The van der Waals surface area contributed by atoms with Crippen LogP contribution in [0.3, 0.4) is 0 Å². The van der Waals surface area contributed by atoms with Gasteiger partial charge in [0, 0.05) is 25.7 Å². The molecule has 1 aliphatic heterocycles. The van der Waals surface area contributed by atoms with Crippen LogP contribution in [0.2, 0.25) is 0 Å². The zero-order valence-electron chi connectivity index (χ0n) is 15.5. The van der Waals surface area contributed by atoms with Crippen molar-refractivity contribution < 1.29 is 19.2 Å². The Morgan fingerprint density at radius 3 is 2.59 bits per heavy atom. The van der Waals surface area contributed by atoms with E-state index in [4.69, 9.17) is 0 Å². The zero-order valence-corrected chi connectivity index (χ0v) is 15.5. The molecule has 1 heterocycles. The number of carbonyl (C=O) groups excluding carboxylic acids is 4. The predicted molar refractivity (Wildman–Crippen MR) is 101 cm³/mol. The first kappa shape index (κ1) is 20.2. The fraction of sp³-hybridized carbons (Fsp3) is 0.368. The molecule has 27 heavy (non-hydrogen) atoms. The number of amides is 4. The molecule has 3 N–H and O–H groups in total. The highest BCUT2D eigenvalue weighted by Crippen LogP contribution is 2.31. The van der Waals surface area contributed by atoms with Crippen LogP contribution in [-0.2, 0) is 9.59 Å². The van der Waals surface area contributed by atoms with E-state index >= 15 is 0 Å². The molecule has 1 aliphatic rings. The Morgan fingerprint density at radius 2 is 1.96 bits per heavy atom. The summed E-state index contributed by atoms with van der Waals surface area (Å²) in [6.45, 7) is 7.53. The fourth-order valence-corrected chi connectivity index (χ4v) is 3.02. The third kappa shape index (κ3) is 4.33. The molecule has 1 aromatic carbocycles. The van der Waals surface area contributed by atoms with Gasteiger partial charge in [-0.2, -0.15) is 0 Å². The van der Waals surface area contributed by atoms with Gasteiger partial charge in [-0.25, -0.2) is 0 Å². The van der Waals surface area contributed by atoms with E-state index in [9.17, 15) is 19.2 Å². The third-order valence-electron chi connectivity index (χ3n) is 4.18. The average molecular weight is 372 g/mol. The van der Waals surface area contributed by atoms with Crippen molar-refractivity contribution in [3.8, 4) is 0 Å². The number of carbonyl (C=O) groups is 4. The molecule has 0 radical (unpaired) electrons. The van der Waals surface area contributed by atoms with E-state index in [1.807, 2.05) is 6.92 Å². The lowest BCUT2D eigenvalue weighted by atomic mass is 10.1. The van der Waals surface area contributed by atoms with E-state index in [0.29, 0.717) is 31.6 Å². The Bertz CT molecular complexity index is 775. The van der Waals surface area contributed by atoms with Crippen molar-refractivity contribution in [2.45, 2.75) is 32.7 Å². The summed E-state index contributed by atoms with van der Waals surface area (Å²) in [6.07, 6.45) is 2.22. The highest BCUT2D eigenvalue weighted by molar-refractivity contribution is 6.25.